The predicted octanol–water partition coefficient (Wildman–Crippen LogP) is 3.02. The molecule has 0 aromatic heterocycles. The van der Waals surface area contributed by atoms with Crippen molar-refractivity contribution in [2.75, 3.05) is 38.2 Å². The van der Waals surface area contributed by atoms with Crippen LogP contribution < -0.4 is 10.1 Å². The molecule has 156 valence electrons. The Balaban J connectivity index is 1.73. The Hall–Kier alpha value is -1.64. The number of nitrogens with one attached hydrogen (secondary N) is 1. The van der Waals surface area contributed by atoms with Gasteiger partial charge in [-0.25, -0.2) is 8.42 Å². The molecule has 1 aliphatic heterocycles. The van der Waals surface area contributed by atoms with E-state index in [1.165, 1.54) is 36.1 Å². The van der Waals surface area contributed by atoms with Gasteiger partial charge in [0.15, 0.2) is 0 Å². The number of anilines is 1. The zero-order chi connectivity index (χ0) is 20.0. The molecule has 0 atom stereocenters. The molecule has 3 rings (SSSR count). The Morgan fingerprint density at radius 2 is 1.96 bits per heavy atom. The standard InChI is InChI=1S/C20H30N2O5S/c1-2-27-18-9-8-17(21-20(23)10-7-16-5-3-4-6-16)15-19(18)28(24,25)22-11-13-26-14-12-22/h8-9,15-16H,2-7,10-14H2,1H3,(H,21,23). The lowest BCUT2D eigenvalue weighted by Gasteiger charge is -2.27. The summed E-state index contributed by atoms with van der Waals surface area (Å²) in [5, 5.41) is 2.85. The summed E-state index contributed by atoms with van der Waals surface area (Å²) in [4.78, 5) is 12.4. The lowest BCUT2D eigenvalue weighted by Crippen LogP contribution is -2.40. The number of amides is 1. The van der Waals surface area contributed by atoms with Gasteiger partial charge in [-0.3, -0.25) is 4.79 Å². The van der Waals surface area contributed by atoms with Crippen molar-refractivity contribution in [3.8, 4) is 5.75 Å². The summed E-state index contributed by atoms with van der Waals surface area (Å²) < 4.78 is 38.4. The van der Waals surface area contributed by atoms with E-state index in [1.807, 2.05) is 6.92 Å². The quantitative estimate of drug-likeness (QED) is 0.712. The van der Waals surface area contributed by atoms with E-state index in [4.69, 9.17) is 9.47 Å². The summed E-state index contributed by atoms with van der Waals surface area (Å²) in [5.41, 5.74) is 0.478. The van der Waals surface area contributed by atoms with Gasteiger partial charge >= 0.3 is 0 Å². The van der Waals surface area contributed by atoms with Crippen LogP contribution in [0.5, 0.6) is 5.75 Å². The highest BCUT2D eigenvalue weighted by atomic mass is 32.2. The van der Waals surface area contributed by atoms with E-state index in [0.717, 1.165) is 6.42 Å². The number of hydrogen-bond donors (Lipinski definition) is 1. The van der Waals surface area contributed by atoms with Crippen molar-refractivity contribution < 1.29 is 22.7 Å². The number of benzene rings is 1. The van der Waals surface area contributed by atoms with Crippen molar-refractivity contribution in [1.82, 2.24) is 4.31 Å². The van der Waals surface area contributed by atoms with Gasteiger partial charge < -0.3 is 14.8 Å². The van der Waals surface area contributed by atoms with Gasteiger partial charge in [0, 0.05) is 25.2 Å². The Kier molecular flexibility index (Phi) is 7.31. The van der Waals surface area contributed by atoms with Crippen LogP contribution >= 0.6 is 0 Å². The SMILES string of the molecule is CCOc1ccc(NC(=O)CCC2CCCC2)cc1S(=O)(=O)N1CCOCC1. The van der Waals surface area contributed by atoms with Crippen molar-refractivity contribution in [3.63, 3.8) is 0 Å². The summed E-state index contributed by atoms with van der Waals surface area (Å²) in [6, 6.07) is 4.81. The number of carbonyl (C=O) groups excluding carboxylic acids is 1. The molecule has 2 fully saturated rings. The summed E-state index contributed by atoms with van der Waals surface area (Å²) in [6.07, 6.45) is 6.28. The minimum Gasteiger partial charge on any atom is -0.492 e. The first kappa shape index (κ1) is 21.1. The first-order chi connectivity index (χ1) is 13.5. The van der Waals surface area contributed by atoms with Crippen LogP contribution in [0.3, 0.4) is 0 Å². The Labute approximate surface area is 167 Å². The van der Waals surface area contributed by atoms with Crippen LogP contribution in [-0.4, -0.2) is 51.5 Å². The second-order valence-electron chi connectivity index (χ2n) is 7.35. The van der Waals surface area contributed by atoms with E-state index >= 15 is 0 Å². The number of ether oxygens (including phenoxy) is 2. The second kappa shape index (κ2) is 9.71. The summed E-state index contributed by atoms with van der Waals surface area (Å²) in [5.74, 6) is 0.868. The fraction of sp³-hybridized carbons (Fsp3) is 0.650. The Morgan fingerprint density at radius 1 is 1.25 bits per heavy atom. The van der Waals surface area contributed by atoms with E-state index < -0.39 is 10.0 Å². The van der Waals surface area contributed by atoms with E-state index in [2.05, 4.69) is 5.32 Å². The topological polar surface area (TPSA) is 84.9 Å². The number of morpholine rings is 1. The van der Waals surface area contributed by atoms with Gasteiger partial charge in [0.2, 0.25) is 15.9 Å². The molecule has 28 heavy (non-hydrogen) atoms. The molecule has 7 nitrogen and oxygen atoms in total. The highest BCUT2D eigenvalue weighted by Crippen LogP contribution is 2.31. The van der Waals surface area contributed by atoms with Gasteiger partial charge in [-0.1, -0.05) is 25.7 Å². The molecule has 0 spiro atoms. The number of nitrogens with zero attached hydrogens (tertiary/aromatic N) is 1. The maximum absolute atomic E-state index is 13.1. The monoisotopic (exact) mass is 410 g/mol. The molecule has 0 unspecified atom stereocenters. The van der Waals surface area contributed by atoms with E-state index in [-0.39, 0.29) is 10.8 Å². The molecule has 1 aromatic rings. The molecule has 1 N–H and O–H groups in total. The summed E-state index contributed by atoms with van der Waals surface area (Å²) >= 11 is 0. The van der Waals surface area contributed by atoms with E-state index in [1.54, 1.807) is 12.1 Å². The zero-order valence-corrected chi connectivity index (χ0v) is 17.3. The van der Waals surface area contributed by atoms with Crippen LogP contribution in [0.25, 0.3) is 0 Å². The molecule has 1 heterocycles. The van der Waals surface area contributed by atoms with Crippen LogP contribution in [0.4, 0.5) is 5.69 Å². The lowest BCUT2D eigenvalue weighted by molar-refractivity contribution is -0.116. The first-order valence-electron chi connectivity index (χ1n) is 10.2. The minimum atomic E-state index is -3.72. The molecule has 1 amide bonds. The Bertz CT molecular complexity index is 769. The van der Waals surface area contributed by atoms with Gasteiger partial charge in [-0.05, 0) is 37.5 Å². The predicted molar refractivity (Wildman–Crippen MR) is 107 cm³/mol. The van der Waals surface area contributed by atoms with Crippen LogP contribution in [0.2, 0.25) is 0 Å². The van der Waals surface area contributed by atoms with E-state index in [0.29, 0.717) is 56.7 Å². The smallest absolute Gasteiger partial charge is 0.246 e. The van der Waals surface area contributed by atoms with E-state index in [9.17, 15) is 13.2 Å². The molecule has 1 saturated heterocycles. The van der Waals surface area contributed by atoms with Gasteiger partial charge in [-0.2, -0.15) is 4.31 Å². The number of carbonyl (C=O) groups is 1. The summed E-state index contributed by atoms with van der Waals surface area (Å²) in [6.45, 7) is 3.54. The third-order valence-electron chi connectivity index (χ3n) is 5.37. The van der Waals surface area contributed by atoms with Crippen molar-refractivity contribution in [2.45, 2.75) is 50.3 Å². The fourth-order valence-electron chi connectivity index (χ4n) is 3.85. The zero-order valence-electron chi connectivity index (χ0n) is 16.5. The second-order valence-corrected chi connectivity index (χ2v) is 9.25. The van der Waals surface area contributed by atoms with Crippen molar-refractivity contribution in [2.24, 2.45) is 5.92 Å². The number of sulfonamides is 1. The minimum absolute atomic E-state index is 0.0780. The lowest BCUT2D eigenvalue weighted by atomic mass is 10.0. The maximum Gasteiger partial charge on any atom is 0.246 e. The maximum atomic E-state index is 13.1. The largest absolute Gasteiger partial charge is 0.492 e. The molecule has 0 bridgehead atoms. The van der Waals surface area contributed by atoms with Crippen LogP contribution in [0, 0.1) is 5.92 Å². The van der Waals surface area contributed by atoms with Crippen LogP contribution in [0.1, 0.15) is 45.4 Å². The molecule has 1 aliphatic carbocycles. The molecule has 2 aliphatic rings. The number of rotatable bonds is 8. The van der Waals surface area contributed by atoms with Gasteiger partial charge in [0.05, 0.1) is 19.8 Å². The highest BCUT2D eigenvalue weighted by molar-refractivity contribution is 7.89. The number of hydrogen-bond acceptors (Lipinski definition) is 5. The molecular weight excluding hydrogens is 380 g/mol. The molecular formula is C20H30N2O5S. The molecule has 1 saturated carbocycles. The average Bonchev–Trinajstić information content (AvgIpc) is 3.22. The fourth-order valence-corrected chi connectivity index (χ4v) is 5.41. The average molecular weight is 411 g/mol. The first-order valence-corrected chi connectivity index (χ1v) is 11.6. The van der Waals surface area contributed by atoms with Gasteiger partial charge in [0.25, 0.3) is 0 Å². The molecule has 0 radical (unpaired) electrons. The van der Waals surface area contributed by atoms with Crippen LogP contribution in [0.15, 0.2) is 23.1 Å². The molecule has 1 aromatic carbocycles. The normalized spacial score (nSPS) is 18.9. The summed E-state index contributed by atoms with van der Waals surface area (Å²) in [7, 11) is -3.72. The van der Waals surface area contributed by atoms with Crippen molar-refractivity contribution in [3.05, 3.63) is 18.2 Å². The van der Waals surface area contributed by atoms with Gasteiger partial charge in [-0.15, -0.1) is 0 Å². The Morgan fingerprint density at radius 3 is 2.64 bits per heavy atom. The van der Waals surface area contributed by atoms with Crippen molar-refractivity contribution >= 4 is 21.6 Å². The van der Waals surface area contributed by atoms with Gasteiger partial charge in [0.1, 0.15) is 10.6 Å². The van der Waals surface area contributed by atoms with Crippen molar-refractivity contribution in [1.29, 1.82) is 0 Å². The third-order valence-corrected chi connectivity index (χ3v) is 7.29. The molecule has 8 heteroatoms. The highest BCUT2D eigenvalue weighted by Gasteiger charge is 2.30. The van der Waals surface area contributed by atoms with Crippen LogP contribution in [-0.2, 0) is 19.6 Å². The third kappa shape index (κ3) is 5.24.